The van der Waals surface area contributed by atoms with Crippen molar-refractivity contribution in [1.29, 1.82) is 0 Å². The van der Waals surface area contributed by atoms with Crippen LogP contribution in [0.3, 0.4) is 0 Å². The minimum absolute atomic E-state index is 0.0827. The third kappa shape index (κ3) is 4.91. The zero-order chi connectivity index (χ0) is 12.9. The minimum atomic E-state index is -2.06. The summed E-state index contributed by atoms with van der Waals surface area (Å²) in [5, 5.41) is 18.3. The largest absolute Gasteiger partial charge is 0.381 e. The lowest BCUT2D eigenvalue weighted by atomic mass is 10.1. The number of aryl methyl sites for hydroxylation is 1. The number of benzene rings is 1. The van der Waals surface area contributed by atoms with Gasteiger partial charge in [-0.15, -0.1) is 0 Å². The molecule has 1 aromatic carbocycles. The van der Waals surface area contributed by atoms with Crippen LogP contribution in [0.25, 0.3) is 0 Å². The molecule has 0 unspecified atom stereocenters. The van der Waals surface area contributed by atoms with Crippen molar-refractivity contribution in [2.45, 2.75) is 31.7 Å². The fourth-order valence-electron chi connectivity index (χ4n) is 1.50. The zero-order valence-electron chi connectivity index (χ0n) is 9.62. The van der Waals surface area contributed by atoms with Crippen LogP contribution in [0.5, 0.6) is 0 Å². The maximum atomic E-state index is 13.2. The quantitative estimate of drug-likeness (QED) is 0.449. The van der Waals surface area contributed by atoms with E-state index in [4.69, 9.17) is 10.2 Å². The first kappa shape index (κ1) is 14.2. The molecule has 6 heteroatoms. The molecule has 1 aromatic rings. The standard InChI is InChI=1S/C11H16F2O3Si/c12-9-5-4-8(10(13)7-9)3-1-2-6-11(14,15)16-17/h4-5,7,14-15H,1-3,6H2,17H3. The molecule has 0 amide bonds. The van der Waals surface area contributed by atoms with E-state index in [1.54, 1.807) is 0 Å². The normalized spacial score (nSPS) is 12.0. The molecule has 0 aliphatic carbocycles. The van der Waals surface area contributed by atoms with Crippen molar-refractivity contribution in [3.05, 3.63) is 35.4 Å². The summed E-state index contributed by atoms with van der Waals surface area (Å²) in [6.07, 6.45) is 1.59. The van der Waals surface area contributed by atoms with Crippen molar-refractivity contribution in [3.63, 3.8) is 0 Å². The highest BCUT2D eigenvalue weighted by atomic mass is 28.2. The lowest BCUT2D eigenvalue weighted by Gasteiger charge is -2.19. The van der Waals surface area contributed by atoms with Crippen LogP contribution < -0.4 is 0 Å². The van der Waals surface area contributed by atoms with Gasteiger partial charge in [-0.2, -0.15) is 0 Å². The first-order valence-corrected chi connectivity index (χ1v) is 6.20. The number of unbranched alkanes of at least 4 members (excludes halogenated alkanes) is 1. The van der Waals surface area contributed by atoms with Gasteiger partial charge in [-0.05, 0) is 30.9 Å². The van der Waals surface area contributed by atoms with Crippen molar-refractivity contribution < 1.29 is 23.4 Å². The molecule has 0 atom stereocenters. The van der Waals surface area contributed by atoms with Crippen molar-refractivity contribution in [2.24, 2.45) is 0 Å². The molecule has 17 heavy (non-hydrogen) atoms. The molecular formula is C11H16F2O3Si. The Morgan fingerprint density at radius 1 is 1.24 bits per heavy atom. The predicted molar refractivity (Wildman–Crippen MR) is 62.1 cm³/mol. The van der Waals surface area contributed by atoms with Gasteiger partial charge in [0.15, 0.2) is 10.5 Å². The fraction of sp³-hybridized carbons (Fsp3) is 0.455. The topological polar surface area (TPSA) is 49.7 Å². The average Bonchev–Trinajstić information content (AvgIpc) is 2.27. The van der Waals surface area contributed by atoms with Crippen molar-refractivity contribution in [2.75, 3.05) is 0 Å². The first-order valence-electron chi connectivity index (χ1n) is 5.38. The average molecular weight is 262 g/mol. The molecule has 0 heterocycles. The molecular weight excluding hydrogens is 246 g/mol. The summed E-state index contributed by atoms with van der Waals surface area (Å²) in [7, 11) is 0.237. The summed E-state index contributed by atoms with van der Waals surface area (Å²) >= 11 is 0. The Hall–Kier alpha value is -0.823. The van der Waals surface area contributed by atoms with Crippen LogP contribution in [0, 0.1) is 11.6 Å². The van der Waals surface area contributed by atoms with Crippen LogP contribution in [-0.4, -0.2) is 26.7 Å². The molecule has 3 nitrogen and oxygen atoms in total. The van der Waals surface area contributed by atoms with E-state index in [9.17, 15) is 8.78 Å². The SMILES string of the molecule is OC(O)(CCCCc1ccc(F)cc1F)O[SiH3]. The molecule has 0 saturated carbocycles. The molecule has 0 bridgehead atoms. The fourth-order valence-corrected chi connectivity index (χ4v) is 1.70. The number of rotatable bonds is 6. The van der Waals surface area contributed by atoms with Crippen LogP contribution >= 0.6 is 0 Å². The molecule has 0 aliphatic heterocycles. The van der Waals surface area contributed by atoms with E-state index in [1.165, 1.54) is 12.1 Å². The summed E-state index contributed by atoms with van der Waals surface area (Å²) in [5.41, 5.74) is 0.430. The Morgan fingerprint density at radius 3 is 2.53 bits per heavy atom. The molecule has 0 spiro atoms. The summed E-state index contributed by atoms with van der Waals surface area (Å²) in [4.78, 5) is 0. The predicted octanol–water partition coefficient (Wildman–Crippen LogP) is 0.613. The van der Waals surface area contributed by atoms with E-state index in [0.29, 0.717) is 24.8 Å². The molecule has 0 aliphatic rings. The second-order valence-electron chi connectivity index (χ2n) is 3.89. The second-order valence-corrected chi connectivity index (χ2v) is 4.30. The highest BCUT2D eigenvalue weighted by Crippen LogP contribution is 2.16. The smallest absolute Gasteiger partial charge is 0.267 e. The Kier molecular flexibility index (Phi) is 5.19. The lowest BCUT2D eigenvalue weighted by Crippen LogP contribution is -2.30. The van der Waals surface area contributed by atoms with E-state index >= 15 is 0 Å². The molecule has 0 radical (unpaired) electrons. The molecule has 0 aromatic heterocycles. The Bertz CT molecular complexity index is 372. The molecule has 96 valence electrons. The van der Waals surface area contributed by atoms with E-state index in [0.717, 1.165) is 6.07 Å². The van der Waals surface area contributed by atoms with Crippen LogP contribution in [0.4, 0.5) is 8.78 Å². The highest BCUT2D eigenvalue weighted by Gasteiger charge is 2.20. The van der Waals surface area contributed by atoms with Crippen LogP contribution in [0.1, 0.15) is 24.8 Å². The van der Waals surface area contributed by atoms with Gasteiger partial charge >= 0.3 is 0 Å². The van der Waals surface area contributed by atoms with Gasteiger partial charge in [-0.3, -0.25) is 0 Å². The summed E-state index contributed by atoms with van der Waals surface area (Å²) in [6.45, 7) is 0. The van der Waals surface area contributed by atoms with Gasteiger partial charge in [-0.25, -0.2) is 8.78 Å². The second kappa shape index (κ2) is 6.20. The van der Waals surface area contributed by atoms with Crippen LogP contribution in [0.2, 0.25) is 0 Å². The molecule has 0 fully saturated rings. The summed E-state index contributed by atoms with van der Waals surface area (Å²) in [5.74, 6) is -3.23. The van der Waals surface area contributed by atoms with Gasteiger partial charge in [0.1, 0.15) is 11.6 Å². The third-order valence-corrected chi connectivity index (χ3v) is 3.19. The van der Waals surface area contributed by atoms with Crippen LogP contribution in [-0.2, 0) is 10.8 Å². The maximum Gasteiger partial charge on any atom is 0.267 e. The number of halogens is 2. The van der Waals surface area contributed by atoms with Gasteiger partial charge in [0.25, 0.3) is 5.97 Å². The Labute approximate surface area is 102 Å². The van der Waals surface area contributed by atoms with Gasteiger partial charge in [-0.1, -0.05) is 6.07 Å². The summed E-state index contributed by atoms with van der Waals surface area (Å²) in [6, 6.07) is 3.46. The van der Waals surface area contributed by atoms with Crippen molar-refractivity contribution in [1.82, 2.24) is 0 Å². The van der Waals surface area contributed by atoms with Gasteiger partial charge < -0.3 is 14.6 Å². The first-order chi connectivity index (χ1) is 7.94. The monoisotopic (exact) mass is 262 g/mol. The third-order valence-electron chi connectivity index (χ3n) is 2.54. The highest BCUT2D eigenvalue weighted by molar-refractivity contribution is 5.98. The van der Waals surface area contributed by atoms with Gasteiger partial charge in [0, 0.05) is 12.5 Å². The van der Waals surface area contributed by atoms with Crippen LogP contribution in [0.15, 0.2) is 18.2 Å². The van der Waals surface area contributed by atoms with Crippen molar-refractivity contribution >= 4 is 10.5 Å². The van der Waals surface area contributed by atoms with Crippen molar-refractivity contribution in [3.8, 4) is 0 Å². The molecule has 0 saturated heterocycles. The molecule has 1 rings (SSSR count). The van der Waals surface area contributed by atoms with Gasteiger partial charge in [0.2, 0.25) is 0 Å². The van der Waals surface area contributed by atoms with E-state index in [1.807, 2.05) is 0 Å². The number of hydrogen-bond acceptors (Lipinski definition) is 3. The molecule has 2 N–H and O–H groups in total. The number of hydrogen-bond donors (Lipinski definition) is 2. The Morgan fingerprint density at radius 2 is 1.94 bits per heavy atom. The maximum absolute atomic E-state index is 13.2. The lowest BCUT2D eigenvalue weighted by molar-refractivity contribution is -0.295. The van der Waals surface area contributed by atoms with E-state index in [2.05, 4.69) is 4.43 Å². The minimum Gasteiger partial charge on any atom is -0.381 e. The van der Waals surface area contributed by atoms with E-state index in [-0.39, 0.29) is 16.9 Å². The zero-order valence-corrected chi connectivity index (χ0v) is 11.6. The van der Waals surface area contributed by atoms with Gasteiger partial charge in [0.05, 0.1) is 0 Å². The summed E-state index contributed by atoms with van der Waals surface area (Å²) < 4.78 is 30.4. The number of aliphatic hydroxyl groups is 2. The van der Waals surface area contributed by atoms with E-state index < -0.39 is 17.6 Å². The Balaban J connectivity index is 2.36.